The maximum atomic E-state index is 13.2. The highest BCUT2D eigenvalue weighted by molar-refractivity contribution is 5.95. The normalized spacial score (nSPS) is 23.7. The molecule has 0 aliphatic heterocycles. The standard InChI is InChI=1S/C15H21FN2O/c1-10-7-8-11(16)9-12(10)15(19)18-14-6-4-2-3-5-13(14)17/h7-9,13-14H,2-6,17H2,1H3,(H,18,19). The summed E-state index contributed by atoms with van der Waals surface area (Å²) >= 11 is 0. The Bertz CT molecular complexity index is 461. The molecule has 3 N–H and O–H groups in total. The summed E-state index contributed by atoms with van der Waals surface area (Å²) < 4.78 is 13.2. The summed E-state index contributed by atoms with van der Waals surface area (Å²) in [7, 11) is 0. The summed E-state index contributed by atoms with van der Waals surface area (Å²) in [4.78, 5) is 12.2. The number of halogens is 1. The van der Waals surface area contributed by atoms with E-state index in [1.54, 1.807) is 13.0 Å². The number of hydrogen-bond donors (Lipinski definition) is 2. The molecule has 1 amide bonds. The van der Waals surface area contributed by atoms with Gasteiger partial charge in [-0.3, -0.25) is 4.79 Å². The molecule has 0 bridgehead atoms. The fourth-order valence-corrected chi connectivity index (χ4v) is 2.60. The molecule has 0 heterocycles. The topological polar surface area (TPSA) is 55.1 Å². The van der Waals surface area contributed by atoms with E-state index in [2.05, 4.69) is 5.32 Å². The number of nitrogens with two attached hydrogens (primary N) is 1. The quantitative estimate of drug-likeness (QED) is 0.806. The van der Waals surface area contributed by atoms with E-state index < -0.39 is 0 Å². The van der Waals surface area contributed by atoms with Gasteiger partial charge in [-0.15, -0.1) is 0 Å². The number of carbonyl (C=O) groups excluding carboxylic acids is 1. The van der Waals surface area contributed by atoms with Gasteiger partial charge in [-0.1, -0.05) is 25.3 Å². The zero-order valence-electron chi connectivity index (χ0n) is 11.3. The predicted molar refractivity (Wildman–Crippen MR) is 73.5 cm³/mol. The van der Waals surface area contributed by atoms with E-state index in [1.807, 2.05) is 0 Å². The lowest BCUT2D eigenvalue weighted by atomic mass is 10.0. The smallest absolute Gasteiger partial charge is 0.251 e. The average molecular weight is 264 g/mol. The molecule has 1 aliphatic rings. The third-order valence-corrected chi connectivity index (χ3v) is 3.83. The monoisotopic (exact) mass is 264 g/mol. The molecule has 3 nitrogen and oxygen atoms in total. The van der Waals surface area contributed by atoms with E-state index in [0.717, 1.165) is 31.2 Å². The van der Waals surface area contributed by atoms with Gasteiger partial charge in [0, 0.05) is 17.6 Å². The number of amides is 1. The number of rotatable bonds is 2. The Morgan fingerprint density at radius 1 is 1.32 bits per heavy atom. The lowest BCUT2D eigenvalue weighted by Crippen LogP contribution is -2.47. The van der Waals surface area contributed by atoms with Gasteiger partial charge in [0.1, 0.15) is 5.82 Å². The number of carbonyl (C=O) groups is 1. The summed E-state index contributed by atoms with van der Waals surface area (Å²) in [6.45, 7) is 1.81. The van der Waals surface area contributed by atoms with Crippen LogP contribution in [0.3, 0.4) is 0 Å². The van der Waals surface area contributed by atoms with Crippen molar-refractivity contribution in [3.8, 4) is 0 Å². The molecule has 1 aliphatic carbocycles. The van der Waals surface area contributed by atoms with Crippen molar-refractivity contribution in [3.63, 3.8) is 0 Å². The molecule has 4 heteroatoms. The Morgan fingerprint density at radius 2 is 2.05 bits per heavy atom. The van der Waals surface area contributed by atoms with Crippen molar-refractivity contribution in [2.24, 2.45) is 5.73 Å². The summed E-state index contributed by atoms with van der Waals surface area (Å²) in [5.41, 5.74) is 7.26. The molecule has 1 aromatic rings. The van der Waals surface area contributed by atoms with Gasteiger partial charge in [-0.2, -0.15) is 0 Å². The first-order valence-electron chi connectivity index (χ1n) is 6.90. The van der Waals surface area contributed by atoms with Crippen molar-refractivity contribution in [2.75, 3.05) is 0 Å². The Balaban J connectivity index is 2.09. The molecule has 1 saturated carbocycles. The number of aryl methyl sites for hydroxylation is 1. The second-order valence-corrected chi connectivity index (χ2v) is 5.34. The second-order valence-electron chi connectivity index (χ2n) is 5.34. The van der Waals surface area contributed by atoms with Crippen LogP contribution < -0.4 is 11.1 Å². The highest BCUT2D eigenvalue weighted by Gasteiger charge is 2.23. The first-order valence-corrected chi connectivity index (χ1v) is 6.90. The summed E-state index contributed by atoms with van der Waals surface area (Å²) in [6, 6.07) is 4.27. The van der Waals surface area contributed by atoms with Gasteiger partial charge in [-0.05, 0) is 37.5 Å². The average Bonchev–Trinajstić information content (AvgIpc) is 2.58. The van der Waals surface area contributed by atoms with Crippen LogP contribution in [-0.4, -0.2) is 18.0 Å². The van der Waals surface area contributed by atoms with E-state index in [-0.39, 0.29) is 23.8 Å². The first kappa shape index (κ1) is 14.0. The highest BCUT2D eigenvalue weighted by atomic mass is 19.1. The molecule has 19 heavy (non-hydrogen) atoms. The van der Waals surface area contributed by atoms with E-state index >= 15 is 0 Å². The van der Waals surface area contributed by atoms with Crippen LogP contribution in [0, 0.1) is 12.7 Å². The van der Waals surface area contributed by atoms with Gasteiger partial charge in [0.05, 0.1) is 0 Å². The minimum absolute atomic E-state index is 0.000292. The summed E-state index contributed by atoms with van der Waals surface area (Å²) in [5, 5.41) is 2.96. The fourth-order valence-electron chi connectivity index (χ4n) is 2.60. The molecule has 2 unspecified atom stereocenters. The number of hydrogen-bond acceptors (Lipinski definition) is 2. The van der Waals surface area contributed by atoms with Crippen LogP contribution in [-0.2, 0) is 0 Å². The minimum Gasteiger partial charge on any atom is -0.348 e. The van der Waals surface area contributed by atoms with Gasteiger partial charge in [0.25, 0.3) is 5.91 Å². The number of nitrogens with one attached hydrogen (secondary N) is 1. The fraction of sp³-hybridized carbons (Fsp3) is 0.533. The van der Waals surface area contributed by atoms with Crippen LogP contribution >= 0.6 is 0 Å². The summed E-state index contributed by atoms with van der Waals surface area (Å²) in [5.74, 6) is -0.611. The molecular weight excluding hydrogens is 243 g/mol. The zero-order chi connectivity index (χ0) is 13.8. The molecule has 0 saturated heterocycles. The molecule has 2 atom stereocenters. The molecular formula is C15H21FN2O. The SMILES string of the molecule is Cc1ccc(F)cc1C(=O)NC1CCCCCC1N. The van der Waals surface area contributed by atoms with Gasteiger partial charge in [0.2, 0.25) is 0 Å². The number of benzene rings is 1. The van der Waals surface area contributed by atoms with Crippen molar-refractivity contribution in [2.45, 2.75) is 51.1 Å². The zero-order valence-corrected chi connectivity index (χ0v) is 11.3. The molecule has 104 valence electrons. The molecule has 0 aromatic heterocycles. The van der Waals surface area contributed by atoms with Crippen LogP contribution in [0.2, 0.25) is 0 Å². The largest absolute Gasteiger partial charge is 0.348 e. The van der Waals surface area contributed by atoms with Crippen molar-refractivity contribution < 1.29 is 9.18 Å². The van der Waals surface area contributed by atoms with Crippen LogP contribution in [0.1, 0.15) is 48.0 Å². The lowest BCUT2D eigenvalue weighted by Gasteiger charge is -2.23. The molecule has 2 rings (SSSR count). The Hall–Kier alpha value is -1.42. The third-order valence-electron chi connectivity index (χ3n) is 3.83. The highest BCUT2D eigenvalue weighted by Crippen LogP contribution is 2.18. The predicted octanol–water partition coefficient (Wildman–Crippen LogP) is 2.52. The van der Waals surface area contributed by atoms with E-state index in [9.17, 15) is 9.18 Å². The van der Waals surface area contributed by atoms with E-state index in [0.29, 0.717) is 5.56 Å². The van der Waals surface area contributed by atoms with Crippen LogP contribution in [0.25, 0.3) is 0 Å². The Kier molecular flexibility index (Phi) is 4.53. The molecule has 1 fully saturated rings. The van der Waals surface area contributed by atoms with Crippen LogP contribution in [0.4, 0.5) is 4.39 Å². The van der Waals surface area contributed by atoms with Crippen molar-refractivity contribution in [1.29, 1.82) is 0 Å². The van der Waals surface area contributed by atoms with Crippen molar-refractivity contribution >= 4 is 5.91 Å². The third kappa shape index (κ3) is 3.53. The van der Waals surface area contributed by atoms with E-state index in [4.69, 9.17) is 5.73 Å². The Morgan fingerprint density at radius 3 is 2.84 bits per heavy atom. The molecule has 0 spiro atoms. The molecule has 1 aromatic carbocycles. The minimum atomic E-state index is -0.388. The second kappa shape index (κ2) is 6.15. The van der Waals surface area contributed by atoms with Crippen LogP contribution in [0.5, 0.6) is 0 Å². The first-order chi connectivity index (χ1) is 9.08. The van der Waals surface area contributed by atoms with E-state index in [1.165, 1.54) is 18.6 Å². The lowest BCUT2D eigenvalue weighted by molar-refractivity contribution is 0.0927. The van der Waals surface area contributed by atoms with Crippen molar-refractivity contribution in [1.82, 2.24) is 5.32 Å². The van der Waals surface area contributed by atoms with Crippen LogP contribution in [0.15, 0.2) is 18.2 Å². The van der Waals surface area contributed by atoms with Gasteiger partial charge in [-0.25, -0.2) is 4.39 Å². The summed E-state index contributed by atoms with van der Waals surface area (Å²) in [6.07, 6.45) is 5.21. The molecule has 0 radical (unpaired) electrons. The maximum absolute atomic E-state index is 13.2. The van der Waals surface area contributed by atoms with Gasteiger partial charge in [0.15, 0.2) is 0 Å². The van der Waals surface area contributed by atoms with Crippen molar-refractivity contribution in [3.05, 3.63) is 35.1 Å². The van der Waals surface area contributed by atoms with Gasteiger partial charge >= 0.3 is 0 Å². The van der Waals surface area contributed by atoms with Gasteiger partial charge < -0.3 is 11.1 Å². The maximum Gasteiger partial charge on any atom is 0.251 e. The Labute approximate surface area is 113 Å².